The molecular formula is C21H20FNO4S. The molecule has 0 N–H and O–H groups in total. The molecule has 28 heavy (non-hydrogen) atoms. The maximum atomic E-state index is 13.7. The minimum absolute atomic E-state index is 0.0449. The quantitative estimate of drug-likeness (QED) is 0.594. The first-order valence-corrected chi connectivity index (χ1v) is 9.93. The van der Waals surface area contributed by atoms with Crippen LogP contribution in [-0.2, 0) is 16.6 Å². The number of halogens is 1. The monoisotopic (exact) mass is 401 g/mol. The highest BCUT2D eigenvalue weighted by molar-refractivity contribution is 7.92. The molecule has 0 heterocycles. The van der Waals surface area contributed by atoms with E-state index in [1.54, 1.807) is 55.6 Å². The molecule has 0 aliphatic carbocycles. The molecule has 7 heteroatoms. The van der Waals surface area contributed by atoms with Crippen molar-refractivity contribution in [3.8, 4) is 11.5 Å². The molecule has 3 rings (SSSR count). The van der Waals surface area contributed by atoms with Crippen LogP contribution in [0.25, 0.3) is 0 Å². The summed E-state index contributed by atoms with van der Waals surface area (Å²) in [7, 11) is -0.972. The molecule has 0 saturated carbocycles. The summed E-state index contributed by atoms with van der Waals surface area (Å²) in [4.78, 5) is -0.127. The predicted molar refractivity (Wildman–Crippen MR) is 106 cm³/mol. The van der Waals surface area contributed by atoms with E-state index in [0.717, 1.165) is 11.6 Å². The minimum atomic E-state index is -4.02. The third kappa shape index (κ3) is 4.26. The molecule has 0 aliphatic heterocycles. The van der Waals surface area contributed by atoms with Gasteiger partial charge in [-0.25, -0.2) is 12.8 Å². The molecule has 5 nitrogen and oxygen atoms in total. The van der Waals surface area contributed by atoms with Gasteiger partial charge in [-0.2, -0.15) is 0 Å². The number of hydrogen-bond acceptors (Lipinski definition) is 4. The van der Waals surface area contributed by atoms with Crippen LogP contribution in [0.2, 0.25) is 0 Å². The van der Waals surface area contributed by atoms with Crippen molar-refractivity contribution >= 4 is 15.7 Å². The average molecular weight is 401 g/mol. The fourth-order valence-electron chi connectivity index (χ4n) is 2.77. The first-order valence-electron chi connectivity index (χ1n) is 8.49. The Morgan fingerprint density at radius 3 is 2.18 bits per heavy atom. The lowest BCUT2D eigenvalue weighted by atomic mass is 10.2. The van der Waals surface area contributed by atoms with Gasteiger partial charge in [0.1, 0.15) is 17.3 Å². The normalized spacial score (nSPS) is 11.1. The molecule has 0 bridgehead atoms. The van der Waals surface area contributed by atoms with Gasteiger partial charge in [0.2, 0.25) is 0 Å². The van der Waals surface area contributed by atoms with Crippen LogP contribution in [0.4, 0.5) is 10.1 Å². The number of methoxy groups -OCH3 is 2. The molecule has 0 fully saturated rings. The van der Waals surface area contributed by atoms with Gasteiger partial charge in [0, 0.05) is 6.07 Å². The zero-order chi connectivity index (χ0) is 20.1. The fourth-order valence-corrected chi connectivity index (χ4v) is 4.25. The van der Waals surface area contributed by atoms with Crippen LogP contribution in [0.15, 0.2) is 77.7 Å². The summed E-state index contributed by atoms with van der Waals surface area (Å²) >= 11 is 0. The third-order valence-corrected chi connectivity index (χ3v) is 5.96. The van der Waals surface area contributed by atoms with Crippen LogP contribution >= 0.6 is 0 Å². The number of sulfonamides is 1. The molecule has 0 spiro atoms. The van der Waals surface area contributed by atoms with Gasteiger partial charge in [-0.05, 0) is 48.0 Å². The zero-order valence-corrected chi connectivity index (χ0v) is 16.3. The Bertz CT molecular complexity index is 1070. The Labute approximate surface area is 164 Å². The van der Waals surface area contributed by atoms with Gasteiger partial charge in [0.25, 0.3) is 10.0 Å². The lowest BCUT2D eigenvalue weighted by molar-refractivity contribution is 0.414. The maximum Gasteiger partial charge on any atom is 0.264 e. The molecule has 0 radical (unpaired) electrons. The van der Waals surface area contributed by atoms with Gasteiger partial charge in [-0.1, -0.05) is 24.3 Å². The van der Waals surface area contributed by atoms with Crippen LogP contribution < -0.4 is 13.8 Å². The highest BCUT2D eigenvalue weighted by Gasteiger charge is 2.26. The number of hydrogen-bond donors (Lipinski definition) is 0. The second kappa shape index (κ2) is 8.31. The van der Waals surface area contributed by atoms with Crippen molar-refractivity contribution in [2.24, 2.45) is 0 Å². The molecule has 146 valence electrons. The van der Waals surface area contributed by atoms with Gasteiger partial charge in [-0.15, -0.1) is 0 Å². The predicted octanol–water partition coefficient (Wildman–Crippen LogP) is 4.24. The van der Waals surface area contributed by atoms with Crippen LogP contribution in [0.5, 0.6) is 11.5 Å². The van der Waals surface area contributed by atoms with Crippen molar-refractivity contribution in [2.75, 3.05) is 18.5 Å². The maximum absolute atomic E-state index is 13.7. The van der Waals surface area contributed by atoms with Crippen molar-refractivity contribution in [2.45, 2.75) is 11.4 Å². The molecule has 0 atom stereocenters. The Morgan fingerprint density at radius 1 is 0.857 bits per heavy atom. The summed E-state index contributed by atoms with van der Waals surface area (Å²) in [6.45, 7) is 0.0449. The van der Waals surface area contributed by atoms with E-state index in [2.05, 4.69) is 0 Å². The van der Waals surface area contributed by atoms with E-state index < -0.39 is 15.8 Å². The van der Waals surface area contributed by atoms with Crippen molar-refractivity contribution in [3.05, 3.63) is 84.2 Å². The zero-order valence-electron chi connectivity index (χ0n) is 15.5. The third-order valence-electron chi connectivity index (χ3n) is 4.19. The van der Waals surface area contributed by atoms with Gasteiger partial charge >= 0.3 is 0 Å². The Kier molecular flexibility index (Phi) is 5.84. The van der Waals surface area contributed by atoms with E-state index in [0.29, 0.717) is 17.2 Å². The van der Waals surface area contributed by atoms with Gasteiger partial charge in [0.05, 0.1) is 31.3 Å². The number of nitrogens with zero attached hydrogens (tertiary/aromatic N) is 1. The molecule has 0 unspecified atom stereocenters. The van der Waals surface area contributed by atoms with Gasteiger partial charge in [0.15, 0.2) is 0 Å². The van der Waals surface area contributed by atoms with Gasteiger partial charge < -0.3 is 9.47 Å². The number of benzene rings is 3. The Hall–Kier alpha value is -3.06. The van der Waals surface area contributed by atoms with E-state index >= 15 is 0 Å². The molecule has 3 aromatic rings. The summed E-state index contributed by atoms with van der Waals surface area (Å²) in [5.74, 6) is 0.516. The van der Waals surface area contributed by atoms with Crippen LogP contribution in [0, 0.1) is 5.82 Å². The number of rotatable bonds is 7. The lowest BCUT2D eigenvalue weighted by Gasteiger charge is -2.25. The molecular weight excluding hydrogens is 381 g/mol. The van der Waals surface area contributed by atoms with E-state index in [1.165, 1.54) is 29.6 Å². The standard InChI is InChI=1S/C21H20FNO4S/c1-26-19-9-3-6-16(12-19)15-23(18-8-5-10-20(14-18)27-2)28(24,25)21-11-4-7-17(22)13-21/h3-14H,15H2,1-2H3. The SMILES string of the molecule is COc1cccc(CN(c2cccc(OC)c2)S(=O)(=O)c2cccc(F)c2)c1. The fraction of sp³-hybridized carbons (Fsp3) is 0.143. The molecule has 0 saturated heterocycles. The largest absolute Gasteiger partial charge is 0.497 e. The summed E-state index contributed by atoms with van der Waals surface area (Å²) in [6, 6.07) is 18.8. The summed E-state index contributed by atoms with van der Waals surface area (Å²) in [5, 5.41) is 0. The summed E-state index contributed by atoms with van der Waals surface area (Å²) in [5.41, 5.74) is 1.13. The highest BCUT2D eigenvalue weighted by atomic mass is 32.2. The van der Waals surface area contributed by atoms with Crippen molar-refractivity contribution in [3.63, 3.8) is 0 Å². The first kappa shape index (κ1) is 19.7. The van der Waals surface area contributed by atoms with Crippen LogP contribution in [0.3, 0.4) is 0 Å². The van der Waals surface area contributed by atoms with E-state index in [9.17, 15) is 12.8 Å². The number of anilines is 1. The second-order valence-corrected chi connectivity index (χ2v) is 7.88. The van der Waals surface area contributed by atoms with Crippen molar-refractivity contribution < 1.29 is 22.3 Å². The van der Waals surface area contributed by atoms with Crippen LogP contribution in [0.1, 0.15) is 5.56 Å². The smallest absolute Gasteiger partial charge is 0.264 e. The van der Waals surface area contributed by atoms with E-state index in [4.69, 9.17) is 9.47 Å². The van der Waals surface area contributed by atoms with Crippen molar-refractivity contribution in [1.29, 1.82) is 0 Å². The Morgan fingerprint density at radius 2 is 1.50 bits per heavy atom. The van der Waals surface area contributed by atoms with Crippen LogP contribution in [-0.4, -0.2) is 22.6 Å². The van der Waals surface area contributed by atoms with Crippen molar-refractivity contribution in [1.82, 2.24) is 0 Å². The lowest BCUT2D eigenvalue weighted by Crippen LogP contribution is -2.30. The molecule has 0 aromatic heterocycles. The van der Waals surface area contributed by atoms with Gasteiger partial charge in [-0.3, -0.25) is 4.31 Å². The molecule has 0 aliphatic rings. The summed E-state index contributed by atoms with van der Waals surface area (Å²) in [6.07, 6.45) is 0. The Balaban J connectivity index is 2.10. The van der Waals surface area contributed by atoms with E-state index in [-0.39, 0.29) is 11.4 Å². The topological polar surface area (TPSA) is 55.8 Å². The summed E-state index contributed by atoms with van der Waals surface area (Å²) < 4.78 is 52.0. The average Bonchev–Trinajstić information content (AvgIpc) is 2.72. The molecule has 3 aromatic carbocycles. The second-order valence-electron chi connectivity index (χ2n) is 6.02. The first-order chi connectivity index (χ1) is 13.4. The minimum Gasteiger partial charge on any atom is -0.497 e. The highest BCUT2D eigenvalue weighted by Crippen LogP contribution is 2.29. The number of ether oxygens (including phenoxy) is 2. The molecule has 0 amide bonds. The van der Waals surface area contributed by atoms with E-state index in [1.807, 2.05) is 0 Å².